The number of carbonyl (C=O) groups is 1. The van der Waals surface area contributed by atoms with Crippen molar-refractivity contribution in [3.05, 3.63) is 23.8 Å². The van der Waals surface area contributed by atoms with E-state index in [4.69, 9.17) is 4.74 Å². The first-order valence-electron chi connectivity index (χ1n) is 4.69. The van der Waals surface area contributed by atoms with Gasteiger partial charge in [-0.1, -0.05) is 19.4 Å². The van der Waals surface area contributed by atoms with Gasteiger partial charge in [0.15, 0.2) is 17.8 Å². The van der Waals surface area contributed by atoms with E-state index in [9.17, 15) is 9.90 Å². The van der Waals surface area contributed by atoms with Crippen molar-refractivity contribution < 1.29 is 14.6 Å². The van der Waals surface area contributed by atoms with Gasteiger partial charge in [-0.15, -0.1) is 0 Å². The molecule has 0 fully saturated rings. The fourth-order valence-electron chi connectivity index (χ4n) is 1.11. The lowest BCUT2D eigenvalue weighted by Crippen LogP contribution is -1.99. The molecule has 1 aromatic carbocycles. The van der Waals surface area contributed by atoms with Crippen LogP contribution in [0.5, 0.6) is 11.5 Å². The molecule has 3 heteroatoms. The van der Waals surface area contributed by atoms with Crippen molar-refractivity contribution >= 4 is 6.29 Å². The molecule has 14 heavy (non-hydrogen) atoms. The molecule has 1 rings (SSSR count). The van der Waals surface area contributed by atoms with Crippen LogP contribution in [0.3, 0.4) is 0 Å². The summed E-state index contributed by atoms with van der Waals surface area (Å²) >= 11 is 0. The Hall–Kier alpha value is -1.51. The minimum atomic E-state index is 0.0192. The van der Waals surface area contributed by atoms with Gasteiger partial charge in [-0.25, -0.2) is 0 Å². The molecule has 1 N–H and O–H groups in total. The molecular formula is C11H14O3. The zero-order chi connectivity index (χ0) is 10.4. The number of phenols is 1. The quantitative estimate of drug-likeness (QED) is 0.578. The number of carbonyl (C=O) groups excluding carboxylic acids is 1. The monoisotopic (exact) mass is 194 g/mol. The number of phenolic OH excluding ortho intramolecular Hbond substituents is 1. The Bertz CT molecular complexity index is 307. The van der Waals surface area contributed by atoms with Crippen LogP contribution >= 0.6 is 0 Å². The summed E-state index contributed by atoms with van der Waals surface area (Å²) < 4.78 is 5.32. The number of aromatic hydroxyl groups is 1. The topological polar surface area (TPSA) is 46.5 Å². The molecule has 0 atom stereocenters. The molecule has 0 bridgehead atoms. The molecule has 0 heterocycles. The molecule has 0 radical (unpaired) electrons. The van der Waals surface area contributed by atoms with Crippen molar-refractivity contribution in [2.24, 2.45) is 0 Å². The number of ether oxygens (including phenoxy) is 1. The Labute approximate surface area is 83.3 Å². The lowest BCUT2D eigenvalue weighted by molar-refractivity contribution is 0.111. The summed E-state index contributed by atoms with van der Waals surface area (Å²) in [5, 5.41) is 9.44. The van der Waals surface area contributed by atoms with Crippen LogP contribution in [0.2, 0.25) is 0 Å². The summed E-state index contributed by atoms with van der Waals surface area (Å²) in [6, 6.07) is 4.74. The standard InChI is InChI=1S/C11H14O3/c1-2-3-7-14-11-9(8-12)5-4-6-10(11)13/h4-6,8,13H,2-3,7H2,1H3. The van der Waals surface area contributed by atoms with E-state index in [2.05, 4.69) is 6.92 Å². The van der Waals surface area contributed by atoms with Crippen molar-refractivity contribution in [1.29, 1.82) is 0 Å². The van der Waals surface area contributed by atoms with Gasteiger partial charge in [0.1, 0.15) is 0 Å². The minimum absolute atomic E-state index is 0.0192. The maximum atomic E-state index is 10.6. The van der Waals surface area contributed by atoms with Crippen molar-refractivity contribution in [2.75, 3.05) is 6.61 Å². The first-order chi connectivity index (χ1) is 6.79. The molecule has 76 valence electrons. The van der Waals surface area contributed by atoms with Crippen LogP contribution in [0.15, 0.2) is 18.2 Å². The first-order valence-corrected chi connectivity index (χ1v) is 4.69. The fourth-order valence-corrected chi connectivity index (χ4v) is 1.11. The maximum absolute atomic E-state index is 10.6. The predicted octanol–water partition coefficient (Wildman–Crippen LogP) is 2.38. The van der Waals surface area contributed by atoms with E-state index < -0.39 is 0 Å². The normalized spacial score (nSPS) is 9.79. The fraction of sp³-hybridized carbons (Fsp3) is 0.364. The predicted molar refractivity (Wildman–Crippen MR) is 53.9 cm³/mol. The lowest BCUT2D eigenvalue weighted by Gasteiger charge is -2.08. The van der Waals surface area contributed by atoms with E-state index in [-0.39, 0.29) is 11.5 Å². The molecule has 0 saturated carbocycles. The molecule has 0 aliphatic rings. The Morgan fingerprint density at radius 3 is 2.93 bits per heavy atom. The second-order valence-electron chi connectivity index (χ2n) is 3.02. The van der Waals surface area contributed by atoms with Gasteiger partial charge in [0.05, 0.1) is 12.2 Å². The SMILES string of the molecule is CCCCOc1c(O)cccc1C=O. The van der Waals surface area contributed by atoms with Crippen LogP contribution in [-0.2, 0) is 0 Å². The van der Waals surface area contributed by atoms with Gasteiger partial charge in [0, 0.05) is 0 Å². The lowest BCUT2D eigenvalue weighted by atomic mass is 10.2. The van der Waals surface area contributed by atoms with Crippen LogP contribution in [-0.4, -0.2) is 18.0 Å². The van der Waals surface area contributed by atoms with Crippen molar-refractivity contribution in [3.63, 3.8) is 0 Å². The van der Waals surface area contributed by atoms with Gasteiger partial charge in [-0.05, 0) is 18.6 Å². The summed E-state index contributed by atoms with van der Waals surface area (Å²) in [4.78, 5) is 10.6. The number of rotatable bonds is 5. The van der Waals surface area contributed by atoms with Crippen LogP contribution in [0, 0.1) is 0 Å². The Kier molecular flexibility index (Phi) is 3.98. The third-order valence-corrected chi connectivity index (χ3v) is 1.90. The summed E-state index contributed by atoms with van der Waals surface area (Å²) in [7, 11) is 0. The largest absolute Gasteiger partial charge is 0.504 e. The second kappa shape index (κ2) is 5.27. The number of benzene rings is 1. The zero-order valence-electron chi connectivity index (χ0n) is 8.19. The molecule has 0 spiro atoms. The zero-order valence-corrected chi connectivity index (χ0v) is 8.19. The van der Waals surface area contributed by atoms with Gasteiger partial charge >= 0.3 is 0 Å². The number of unbranched alkanes of at least 4 members (excludes halogenated alkanes) is 1. The Balaban J connectivity index is 2.77. The molecule has 3 nitrogen and oxygen atoms in total. The van der Waals surface area contributed by atoms with Crippen molar-refractivity contribution in [3.8, 4) is 11.5 Å². The van der Waals surface area contributed by atoms with Gasteiger partial charge in [-0.3, -0.25) is 4.79 Å². The van der Waals surface area contributed by atoms with Gasteiger partial charge in [0.25, 0.3) is 0 Å². The van der Waals surface area contributed by atoms with Crippen LogP contribution < -0.4 is 4.74 Å². The highest BCUT2D eigenvalue weighted by Crippen LogP contribution is 2.28. The molecular weight excluding hydrogens is 180 g/mol. The average Bonchev–Trinajstić information content (AvgIpc) is 2.20. The highest BCUT2D eigenvalue weighted by atomic mass is 16.5. The summed E-state index contributed by atoms with van der Waals surface area (Å²) in [5.41, 5.74) is 0.390. The van der Waals surface area contributed by atoms with E-state index in [1.807, 2.05) is 0 Å². The van der Waals surface area contributed by atoms with Gasteiger partial charge < -0.3 is 9.84 Å². The molecule has 0 aliphatic heterocycles. The molecule has 0 unspecified atom stereocenters. The second-order valence-corrected chi connectivity index (χ2v) is 3.02. The number of aldehydes is 1. The summed E-state index contributed by atoms with van der Waals surface area (Å²) in [6.07, 6.45) is 2.61. The Morgan fingerprint density at radius 2 is 2.29 bits per heavy atom. The van der Waals surface area contributed by atoms with E-state index in [1.165, 1.54) is 6.07 Å². The highest BCUT2D eigenvalue weighted by Gasteiger charge is 2.07. The summed E-state index contributed by atoms with van der Waals surface area (Å²) in [5.74, 6) is 0.307. The number of hydrogen-bond donors (Lipinski definition) is 1. The van der Waals surface area contributed by atoms with Gasteiger partial charge in [-0.2, -0.15) is 0 Å². The number of hydrogen-bond acceptors (Lipinski definition) is 3. The molecule has 0 saturated heterocycles. The molecule has 0 amide bonds. The summed E-state index contributed by atoms with van der Waals surface area (Å²) in [6.45, 7) is 2.57. The van der Waals surface area contributed by atoms with Crippen LogP contribution in [0.4, 0.5) is 0 Å². The first kappa shape index (κ1) is 10.6. The smallest absolute Gasteiger partial charge is 0.171 e. The number of para-hydroxylation sites is 1. The van der Waals surface area contributed by atoms with E-state index in [0.29, 0.717) is 18.5 Å². The maximum Gasteiger partial charge on any atom is 0.171 e. The van der Waals surface area contributed by atoms with Crippen molar-refractivity contribution in [1.82, 2.24) is 0 Å². The third-order valence-electron chi connectivity index (χ3n) is 1.90. The Morgan fingerprint density at radius 1 is 1.50 bits per heavy atom. The van der Waals surface area contributed by atoms with Crippen LogP contribution in [0.1, 0.15) is 30.1 Å². The van der Waals surface area contributed by atoms with Crippen LogP contribution in [0.25, 0.3) is 0 Å². The third kappa shape index (κ3) is 2.49. The van der Waals surface area contributed by atoms with Gasteiger partial charge in [0.2, 0.25) is 0 Å². The molecule has 0 aliphatic carbocycles. The van der Waals surface area contributed by atoms with Crippen molar-refractivity contribution in [2.45, 2.75) is 19.8 Å². The molecule has 0 aromatic heterocycles. The minimum Gasteiger partial charge on any atom is -0.504 e. The van der Waals surface area contributed by atoms with E-state index in [1.54, 1.807) is 12.1 Å². The average molecular weight is 194 g/mol. The highest BCUT2D eigenvalue weighted by molar-refractivity contribution is 5.80. The molecule has 1 aromatic rings. The van der Waals surface area contributed by atoms with E-state index in [0.717, 1.165) is 12.8 Å². The van der Waals surface area contributed by atoms with E-state index >= 15 is 0 Å².